The van der Waals surface area contributed by atoms with E-state index in [-0.39, 0.29) is 24.0 Å². The molecule has 2 aromatic rings. The molecule has 0 aromatic heterocycles. The van der Waals surface area contributed by atoms with Crippen LogP contribution < -0.4 is 10.1 Å². The first-order valence-corrected chi connectivity index (χ1v) is 11.2. The van der Waals surface area contributed by atoms with Gasteiger partial charge < -0.3 is 15.0 Å². The summed E-state index contributed by atoms with van der Waals surface area (Å²) in [7, 11) is 0. The second-order valence-electron chi connectivity index (χ2n) is 9.08. The fraction of sp³-hybridized carbons (Fsp3) is 0.440. The van der Waals surface area contributed by atoms with Crippen molar-refractivity contribution in [2.24, 2.45) is 0 Å². The molecule has 5 nitrogen and oxygen atoms in total. The third-order valence-electron chi connectivity index (χ3n) is 4.91. The minimum atomic E-state index is -0.634. The minimum absolute atomic E-state index is 0.139. The predicted octanol–water partition coefficient (Wildman–Crippen LogP) is 5.09. The molecule has 0 radical (unpaired) electrons. The molecule has 0 heterocycles. The number of hydrogen-bond acceptors (Lipinski definition) is 3. The van der Waals surface area contributed by atoms with Crippen LogP contribution in [0.25, 0.3) is 0 Å². The van der Waals surface area contributed by atoms with E-state index < -0.39 is 6.04 Å². The Morgan fingerprint density at radius 3 is 2.13 bits per heavy atom. The van der Waals surface area contributed by atoms with Gasteiger partial charge in [-0.05, 0) is 77.3 Å². The summed E-state index contributed by atoms with van der Waals surface area (Å²) in [4.78, 5) is 27.5. The SMILES string of the molecule is Cc1ccc(CN(C(=O)COc2cc(C)c(Br)c(C)c2)[C@H](C)C(=O)NC(C)(C)C)cc1. The number of hydrogen-bond donors (Lipinski definition) is 1. The summed E-state index contributed by atoms with van der Waals surface area (Å²) >= 11 is 3.54. The maximum absolute atomic E-state index is 13.1. The topological polar surface area (TPSA) is 58.6 Å². The Kier molecular flexibility index (Phi) is 8.29. The van der Waals surface area contributed by atoms with Crippen molar-refractivity contribution >= 4 is 27.7 Å². The highest BCUT2D eigenvalue weighted by Gasteiger charge is 2.28. The number of nitrogens with one attached hydrogen (secondary N) is 1. The summed E-state index contributed by atoms with van der Waals surface area (Å²) in [5, 5.41) is 2.97. The zero-order valence-corrected chi connectivity index (χ0v) is 21.1. The van der Waals surface area contributed by atoms with Crippen LogP contribution in [-0.2, 0) is 16.1 Å². The van der Waals surface area contributed by atoms with Gasteiger partial charge in [-0.2, -0.15) is 0 Å². The summed E-state index contributed by atoms with van der Waals surface area (Å²) in [5.74, 6) is 0.201. The molecule has 0 unspecified atom stereocenters. The van der Waals surface area contributed by atoms with E-state index in [1.54, 1.807) is 11.8 Å². The van der Waals surface area contributed by atoms with Crippen LogP contribution in [0, 0.1) is 20.8 Å². The lowest BCUT2D eigenvalue weighted by Crippen LogP contribution is -2.53. The molecule has 31 heavy (non-hydrogen) atoms. The van der Waals surface area contributed by atoms with Gasteiger partial charge >= 0.3 is 0 Å². The van der Waals surface area contributed by atoms with E-state index >= 15 is 0 Å². The fourth-order valence-electron chi connectivity index (χ4n) is 3.16. The standard InChI is InChI=1S/C25H33BrN2O3/c1-16-8-10-20(11-9-16)14-28(19(4)24(30)27-25(5,6)7)22(29)15-31-21-12-17(2)23(26)18(3)13-21/h8-13,19H,14-15H2,1-7H3,(H,27,30)/t19-/m1/s1. The Morgan fingerprint density at radius 1 is 1.06 bits per heavy atom. The van der Waals surface area contributed by atoms with Gasteiger partial charge in [0.1, 0.15) is 11.8 Å². The molecule has 0 aliphatic carbocycles. The van der Waals surface area contributed by atoms with Crippen LogP contribution in [0.5, 0.6) is 5.75 Å². The molecule has 2 amide bonds. The number of carbonyl (C=O) groups is 2. The molecule has 1 N–H and O–H groups in total. The third kappa shape index (κ3) is 7.39. The van der Waals surface area contributed by atoms with Crippen molar-refractivity contribution in [1.29, 1.82) is 0 Å². The first kappa shape index (κ1) is 24.9. The fourth-order valence-corrected chi connectivity index (χ4v) is 3.39. The van der Waals surface area contributed by atoms with Gasteiger partial charge in [0.2, 0.25) is 5.91 Å². The quantitative estimate of drug-likeness (QED) is 0.590. The average molecular weight is 489 g/mol. The number of rotatable bonds is 7. The van der Waals surface area contributed by atoms with E-state index in [2.05, 4.69) is 21.2 Å². The van der Waals surface area contributed by atoms with E-state index in [9.17, 15) is 9.59 Å². The zero-order chi connectivity index (χ0) is 23.3. The second-order valence-corrected chi connectivity index (χ2v) is 9.88. The number of nitrogens with zero attached hydrogens (tertiary/aromatic N) is 1. The van der Waals surface area contributed by atoms with Crippen LogP contribution in [0.1, 0.15) is 49.9 Å². The van der Waals surface area contributed by atoms with E-state index in [4.69, 9.17) is 4.74 Å². The number of halogens is 1. The molecule has 0 fully saturated rings. The number of carbonyl (C=O) groups excluding carboxylic acids is 2. The summed E-state index contributed by atoms with van der Waals surface area (Å²) in [5.41, 5.74) is 3.80. The normalized spacial score (nSPS) is 12.3. The monoisotopic (exact) mass is 488 g/mol. The van der Waals surface area contributed by atoms with Crippen LogP contribution in [0.2, 0.25) is 0 Å². The second kappa shape index (κ2) is 10.3. The molecule has 0 aliphatic rings. The van der Waals surface area contributed by atoms with Crippen LogP contribution in [-0.4, -0.2) is 34.9 Å². The van der Waals surface area contributed by atoms with Crippen molar-refractivity contribution in [2.45, 2.75) is 66.6 Å². The number of benzene rings is 2. The minimum Gasteiger partial charge on any atom is -0.484 e. The highest BCUT2D eigenvalue weighted by Crippen LogP contribution is 2.26. The van der Waals surface area contributed by atoms with E-state index in [0.29, 0.717) is 12.3 Å². The van der Waals surface area contributed by atoms with Gasteiger partial charge in [0, 0.05) is 16.6 Å². The van der Waals surface area contributed by atoms with Crippen molar-refractivity contribution in [3.63, 3.8) is 0 Å². The Morgan fingerprint density at radius 2 is 1.61 bits per heavy atom. The van der Waals surface area contributed by atoms with Gasteiger partial charge in [-0.25, -0.2) is 0 Å². The van der Waals surface area contributed by atoms with Crippen LogP contribution in [0.4, 0.5) is 0 Å². The molecule has 0 bridgehead atoms. The Bertz CT molecular complexity index is 910. The van der Waals surface area contributed by atoms with Gasteiger partial charge in [-0.3, -0.25) is 9.59 Å². The van der Waals surface area contributed by atoms with E-state index in [0.717, 1.165) is 26.7 Å². The van der Waals surface area contributed by atoms with Crippen molar-refractivity contribution in [3.8, 4) is 5.75 Å². The van der Waals surface area contributed by atoms with Crippen molar-refractivity contribution in [3.05, 3.63) is 63.1 Å². The number of amides is 2. The van der Waals surface area contributed by atoms with Crippen LogP contribution in [0.15, 0.2) is 40.9 Å². The lowest BCUT2D eigenvalue weighted by molar-refractivity contribution is -0.142. The molecule has 0 saturated carbocycles. The van der Waals surface area contributed by atoms with Gasteiger partial charge in [0.05, 0.1) is 0 Å². The third-order valence-corrected chi connectivity index (χ3v) is 6.16. The highest BCUT2D eigenvalue weighted by atomic mass is 79.9. The number of aryl methyl sites for hydroxylation is 3. The summed E-state index contributed by atoms with van der Waals surface area (Å²) in [6, 6.07) is 11.1. The van der Waals surface area contributed by atoms with Crippen molar-refractivity contribution in [2.75, 3.05) is 6.61 Å². The average Bonchev–Trinajstić information content (AvgIpc) is 2.67. The molecule has 0 spiro atoms. The van der Waals surface area contributed by atoms with E-state index in [1.165, 1.54) is 0 Å². The zero-order valence-electron chi connectivity index (χ0n) is 19.5. The molecular formula is C25H33BrN2O3. The van der Waals surface area contributed by atoms with Crippen molar-refractivity contribution in [1.82, 2.24) is 10.2 Å². The number of ether oxygens (including phenoxy) is 1. The molecular weight excluding hydrogens is 456 g/mol. The van der Waals surface area contributed by atoms with Crippen LogP contribution >= 0.6 is 15.9 Å². The van der Waals surface area contributed by atoms with Crippen LogP contribution in [0.3, 0.4) is 0 Å². The lowest BCUT2D eigenvalue weighted by atomic mass is 10.1. The predicted molar refractivity (Wildman–Crippen MR) is 128 cm³/mol. The van der Waals surface area contributed by atoms with Crippen molar-refractivity contribution < 1.29 is 14.3 Å². The molecule has 2 aromatic carbocycles. The Hall–Kier alpha value is -2.34. The Balaban J connectivity index is 2.20. The largest absolute Gasteiger partial charge is 0.484 e. The molecule has 1 atom stereocenters. The first-order chi connectivity index (χ1) is 14.4. The smallest absolute Gasteiger partial charge is 0.261 e. The summed E-state index contributed by atoms with van der Waals surface area (Å²) in [6.45, 7) is 13.7. The molecule has 168 valence electrons. The van der Waals surface area contributed by atoms with Gasteiger partial charge in [-0.1, -0.05) is 45.8 Å². The molecule has 0 saturated heterocycles. The summed E-state index contributed by atoms with van der Waals surface area (Å²) in [6.07, 6.45) is 0. The maximum Gasteiger partial charge on any atom is 0.261 e. The van der Waals surface area contributed by atoms with E-state index in [1.807, 2.05) is 77.9 Å². The van der Waals surface area contributed by atoms with Gasteiger partial charge in [0.15, 0.2) is 6.61 Å². The maximum atomic E-state index is 13.1. The summed E-state index contributed by atoms with van der Waals surface area (Å²) < 4.78 is 6.84. The Labute approximate surface area is 194 Å². The first-order valence-electron chi connectivity index (χ1n) is 10.4. The lowest BCUT2D eigenvalue weighted by Gasteiger charge is -2.31. The molecule has 2 rings (SSSR count). The van der Waals surface area contributed by atoms with Gasteiger partial charge in [-0.15, -0.1) is 0 Å². The molecule has 6 heteroatoms. The molecule has 0 aliphatic heterocycles. The van der Waals surface area contributed by atoms with Gasteiger partial charge in [0.25, 0.3) is 5.91 Å². The highest BCUT2D eigenvalue weighted by molar-refractivity contribution is 9.10.